The van der Waals surface area contributed by atoms with E-state index in [9.17, 15) is 10.1 Å². The molecule has 0 amide bonds. The van der Waals surface area contributed by atoms with Gasteiger partial charge in [0.05, 0.1) is 15.0 Å². The molecule has 0 aliphatic rings. The Hall–Kier alpha value is -2.22. The summed E-state index contributed by atoms with van der Waals surface area (Å²) >= 11 is 3.21. The summed E-state index contributed by atoms with van der Waals surface area (Å²) in [5.41, 5.74) is 5.99. The second-order valence-electron chi connectivity index (χ2n) is 3.64. The fraction of sp³-hybridized carbons (Fsp3) is 0.0909. The zero-order valence-electron chi connectivity index (χ0n) is 9.83. The molecule has 98 valence electrons. The third-order valence-corrected chi connectivity index (χ3v) is 3.04. The second-order valence-corrected chi connectivity index (χ2v) is 4.49. The number of aromatic nitrogens is 2. The average molecular weight is 325 g/mol. The van der Waals surface area contributed by atoms with Gasteiger partial charge in [0.15, 0.2) is 0 Å². The maximum atomic E-state index is 11.0. The van der Waals surface area contributed by atoms with Gasteiger partial charge in [-0.3, -0.25) is 10.1 Å². The molecule has 1 heterocycles. The first-order chi connectivity index (χ1) is 9.00. The molecule has 19 heavy (non-hydrogen) atoms. The molecular formula is C11H9BrN4O3. The number of hydrogen-bond donors (Lipinski definition) is 1. The molecule has 0 radical (unpaired) electrons. The SMILES string of the molecule is Cc1c(N)ncnc1Oc1c(Br)cccc1[N+](=O)[O-]. The van der Waals surface area contributed by atoms with Crippen molar-refractivity contribution in [3.05, 3.63) is 44.7 Å². The van der Waals surface area contributed by atoms with E-state index in [-0.39, 0.29) is 23.1 Å². The van der Waals surface area contributed by atoms with Gasteiger partial charge in [0, 0.05) is 6.07 Å². The molecule has 7 nitrogen and oxygen atoms in total. The molecule has 8 heteroatoms. The smallest absolute Gasteiger partial charge is 0.312 e. The minimum atomic E-state index is -0.528. The summed E-state index contributed by atoms with van der Waals surface area (Å²) in [5.74, 6) is 0.524. The van der Waals surface area contributed by atoms with Gasteiger partial charge in [-0.2, -0.15) is 0 Å². The number of hydrogen-bond acceptors (Lipinski definition) is 6. The molecule has 2 N–H and O–H groups in total. The van der Waals surface area contributed by atoms with Gasteiger partial charge in [0.2, 0.25) is 11.6 Å². The zero-order chi connectivity index (χ0) is 14.0. The number of nitro groups is 1. The molecule has 0 saturated carbocycles. The number of para-hydroxylation sites is 1. The number of halogens is 1. The van der Waals surface area contributed by atoms with Crippen LogP contribution in [0, 0.1) is 17.0 Å². The number of nitrogens with two attached hydrogens (primary N) is 1. The standard InChI is InChI=1S/C11H9BrN4O3/c1-6-10(13)14-5-15-11(6)19-9-7(12)3-2-4-8(9)16(17)18/h2-5H,1H3,(H2,13,14,15). The maximum absolute atomic E-state index is 11.0. The normalized spacial score (nSPS) is 10.2. The highest BCUT2D eigenvalue weighted by molar-refractivity contribution is 9.10. The maximum Gasteiger partial charge on any atom is 0.312 e. The Labute approximate surface area is 116 Å². The van der Waals surface area contributed by atoms with Gasteiger partial charge >= 0.3 is 5.69 Å². The number of anilines is 1. The molecule has 1 aromatic carbocycles. The van der Waals surface area contributed by atoms with E-state index in [1.54, 1.807) is 19.1 Å². The van der Waals surface area contributed by atoms with E-state index in [1.165, 1.54) is 12.4 Å². The molecule has 0 aliphatic carbocycles. The van der Waals surface area contributed by atoms with Gasteiger partial charge in [-0.25, -0.2) is 9.97 Å². The van der Waals surface area contributed by atoms with Crippen molar-refractivity contribution in [2.45, 2.75) is 6.92 Å². The molecule has 0 unspecified atom stereocenters. The molecule has 0 bridgehead atoms. The number of nitrogen functional groups attached to an aromatic ring is 1. The summed E-state index contributed by atoms with van der Waals surface area (Å²) in [5, 5.41) is 11.0. The first-order valence-electron chi connectivity index (χ1n) is 5.18. The van der Waals surface area contributed by atoms with Crippen molar-refractivity contribution in [2.75, 3.05) is 5.73 Å². The van der Waals surface area contributed by atoms with Crippen molar-refractivity contribution >= 4 is 27.4 Å². The molecular weight excluding hydrogens is 316 g/mol. The van der Waals surface area contributed by atoms with Crippen LogP contribution in [-0.2, 0) is 0 Å². The van der Waals surface area contributed by atoms with E-state index in [0.29, 0.717) is 10.0 Å². The molecule has 2 aromatic rings. The highest BCUT2D eigenvalue weighted by Gasteiger charge is 2.20. The van der Waals surface area contributed by atoms with Crippen LogP contribution in [0.5, 0.6) is 11.6 Å². The largest absolute Gasteiger partial charge is 0.430 e. The zero-order valence-corrected chi connectivity index (χ0v) is 11.4. The van der Waals surface area contributed by atoms with Crippen molar-refractivity contribution in [3.8, 4) is 11.6 Å². The molecule has 0 fully saturated rings. The summed E-state index contributed by atoms with van der Waals surface area (Å²) in [7, 11) is 0. The fourth-order valence-electron chi connectivity index (χ4n) is 1.39. The van der Waals surface area contributed by atoms with Gasteiger partial charge in [-0.1, -0.05) is 6.07 Å². The van der Waals surface area contributed by atoms with Crippen LogP contribution in [-0.4, -0.2) is 14.9 Å². The number of nitrogens with zero attached hydrogens (tertiary/aromatic N) is 3. The van der Waals surface area contributed by atoms with Crippen molar-refractivity contribution in [1.82, 2.24) is 9.97 Å². The lowest BCUT2D eigenvalue weighted by Crippen LogP contribution is -2.01. The summed E-state index contributed by atoms with van der Waals surface area (Å²) in [6, 6.07) is 4.54. The molecule has 0 saturated heterocycles. The van der Waals surface area contributed by atoms with Crippen LogP contribution >= 0.6 is 15.9 Å². The summed E-state index contributed by atoms with van der Waals surface area (Å²) in [6.45, 7) is 1.67. The number of nitro benzene ring substituents is 1. The lowest BCUT2D eigenvalue weighted by molar-refractivity contribution is -0.385. The molecule has 0 spiro atoms. The average Bonchev–Trinajstić information content (AvgIpc) is 2.36. The lowest BCUT2D eigenvalue weighted by atomic mass is 10.3. The van der Waals surface area contributed by atoms with E-state index in [0.717, 1.165) is 0 Å². The van der Waals surface area contributed by atoms with Gasteiger partial charge < -0.3 is 10.5 Å². The molecule has 1 aromatic heterocycles. The Morgan fingerprint density at radius 1 is 1.42 bits per heavy atom. The van der Waals surface area contributed by atoms with Crippen molar-refractivity contribution in [2.24, 2.45) is 0 Å². The van der Waals surface area contributed by atoms with Gasteiger partial charge in [0.1, 0.15) is 12.1 Å². The van der Waals surface area contributed by atoms with Crippen LogP contribution < -0.4 is 10.5 Å². The van der Waals surface area contributed by atoms with Crippen LogP contribution in [0.3, 0.4) is 0 Å². The van der Waals surface area contributed by atoms with E-state index >= 15 is 0 Å². The van der Waals surface area contributed by atoms with Crippen LogP contribution in [0.1, 0.15) is 5.56 Å². The van der Waals surface area contributed by atoms with Crippen molar-refractivity contribution in [3.63, 3.8) is 0 Å². The monoisotopic (exact) mass is 324 g/mol. The summed E-state index contributed by atoms with van der Waals surface area (Å²) in [4.78, 5) is 18.2. The quantitative estimate of drug-likeness (QED) is 0.687. The Bertz CT molecular complexity index is 648. The van der Waals surface area contributed by atoms with E-state index in [2.05, 4.69) is 25.9 Å². The predicted molar refractivity (Wildman–Crippen MR) is 72.1 cm³/mol. The first kappa shape index (κ1) is 13.2. The summed E-state index contributed by atoms with van der Waals surface area (Å²) < 4.78 is 5.95. The fourth-order valence-corrected chi connectivity index (χ4v) is 1.83. The highest BCUT2D eigenvalue weighted by Crippen LogP contribution is 2.38. The lowest BCUT2D eigenvalue weighted by Gasteiger charge is -2.09. The Morgan fingerprint density at radius 2 is 2.16 bits per heavy atom. The minimum Gasteiger partial charge on any atom is -0.430 e. The van der Waals surface area contributed by atoms with E-state index in [1.807, 2.05) is 0 Å². The van der Waals surface area contributed by atoms with E-state index < -0.39 is 4.92 Å². The topological polar surface area (TPSA) is 104 Å². The Morgan fingerprint density at radius 3 is 2.84 bits per heavy atom. The van der Waals surface area contributed by atoms with Gasteiger partial charge in [-0.15, -0.1) is 0 Å². The van der Waals surface area contributed by atoms with Crippen LogP contribution in [0.15, 0.2) is 29.0 Å². The van der Waals surface area contributed by atoms with Crippen molar-refractivity contribution < 1.29 is 9.66 Å². The Kier molecular flexibility index (Phi) is 3.61. The van der Waals surface area contributed by atoms with Crippen LogP contribution in [0.2, 0.25) is 0 Å². The third-order valence-electron chi connectivity index (χ3n) is 2.42. The highest BCUT2D eigenvalue weighted by atomic mass is 79.9. The molecule has 0 atom stereocenters. The third kappa shape index (κ3) is 2.63. The number of benzene rings is 1. The second kappa shape index (κ2) is 5.19. The first-order valence-corrected chi connectivity index (χ1v) is 5.98. The van der Waals surface area contributed by atoms with Crippen LogP contribution in [0.4, 0.5) is 11.5 Å². The van der Waals surface area contributed by atoms with Gasteiger partial charge in [-0.05, 0) is 28.9 Å². The molecule has 0 aliphatic heterocycles. The van der Waals surface area contributed by atoms with Crippen molar-refractivity contribution in [1.29, 1.82) is 0 Å². The minimum absolute atomic E-state index is 0.0775. The number of rotatable bonds is 3. The van der Waals surface area contributed by atoms with E-state index in [4.69, 9.17) is 10.5 Å². The van der Waals surface area contributed by atoms with Crippen LogP contribution in [0.25, 0.3) is 0 Å². The predicted octanol–water partition coefficient (Wildman–Crippen LogP) is 2.83. The van der Waals surface area contributed by atoms with Gasteiger partial charge in [0.25, 0.3) is 0 Å². The molecule has 2 rings (SSSR count). The number of ether oxygens (including phenoxy) is 1. The Balaban J connectivity index is 2.49. The summed E-state index contributed by atoms with van der Waals surface area (Å²) in [6.07, 6.45) is 1.24.